The van der Waals surface area contributed by atoms with Gasteiger partial charge in [0.05, 0.1) is 20.8 Å². The molecule has 1 aromatic heterocycles. The second-order valence-corrected chi connectivity index (χ2v) is 7.06. The highest BCUT2D eigenvalue weighted by Crippen LogP contribution is 2.39. The molecule has 0 aliphatic rings. The number of rotatable bonds is 10. The van der Waals surface area contributed by atoms with E-state index in [0.717, 1.165) is 11.3 Å². The Morgan fingerprint density at radius 1 is 1.06 bits per heavy atom. The zero-order valence-electron chi connectivity index (χ0n) is 18.3. The quantitative estimate of drug-likeness (QED) is 0.322. The SMILES string of the molecule is C/C=C/C=C/C(=O)OCC(=O)Nc1scc(-c2ccc(OC)c(OC)c2)c1C(=O)OCC. The first kappa shape index (κ1) is 24.7. The molecule has 1 aromatic carbocycles. The van der Waals surface area contributed by atoms with Crippen LogP contribution in [-0.2, 0) is 19.1 Å². The predicted octanol–water partition coefficient (Wildman–Crippen LogP) is 4.22. The van der Waals surface area contributed by atoms with Crippen molar-refractivity contribution in [2.24, 2.45) is 0 Å². The van der Waals surface area contributed by atoms with Gasteiger partial charge in [-0.3, -0.25) is 4.79 Å². The maximum atomic E-state index is 12.7. The molecule has 2 rings (SSSR count). The first-order valence-electron chi connectivity index (χ1n) is 9.72. The molecule has 1 N–H and O–H groups in total. The van der Waals surface area contributed by atoms with Crippen LogP contribution < -0.4 is 14.8 Å². The van der Waals surface area contributed by atoms with Gasteiger partial charge in [-0.15, -0.1) is 11.3 Å². The Hall–Kier alpha value is -3.59. The summed E-state index contributed by atoms with van der Waals surface area (Å²) in [5.74, 6) is -0.775. The standard InChI is InChI=1S/C23H25NO7S/c1-5-7-8-9-20(26)31-13-19(25)24-22-21(23(27)30-6-2)16(14-32-22)15-10-11-17(28-3)18(12-15)29-4/h5,7-12,14H,6,13H2,1-4H3,(H,24,25)/b7-5+,9-8+. The van der Waals surface area contributed by atoms with Gasteiger partial charge in [0.2, 0.25) is 0 Å². The Morgan fingerprint density at radius 2 is 1.81 bits per heavy atom. The van der Waals surface area contributed by atoms with Gasteiger partial charge in [0.15, 0.2) is 18.1 Å². The van der Waals surface area contributed by atoms with Crippen LogP contribution in [0.15, 0.2) is 47.9 Å². The Balaban J connectivity index is 2.27. The lowest BCUT2D eigenvalue weighted by molar-refractivity contribution is -0.142. The number of benzene rings is 1. The van der Waals surface area contributed by atoms with E-state index >= 15 is 0 Å². The Labute approximate surface area is 190 Å². The van der Waals surface area contributed by atoms with Gasteiger partial charge in [0.1, 0.15) is 10.6 Å². The van der Waals surface area contributed by atoms with Gasteiger partial charge in [0.25, 0.3) is 5.91 Å². The van der Waals surface area contributed by atoms with E-state index in [-0.39, 0.29) is 12.2 Å². The summed E-state index contributed by atoms with van der Waals surface area (Å²) in [6.07, 6.45) is 6.12. The number of esters is 2. The van der Waals surface area contributed by atoms with Crippen LogP contribution in [0.3, 0.4) is 0 Å². The second-order valence-electron chi connectivity index (χ2n) is 6.18. The number of amides is 1. The fraction of sp³-hybridized carbons (Fsp3) is 0.261. The number of carbonyl (C=O) groups is 3. The zero-order chi connectivity index (χ0) is 23.5. The van der Waals surface area contributed by atoms with Gasteiger partial charge < -0.3 is 24.3 Å². The van der Waals surface area contributed by atoms with E-state index in [0.29, 0.717) is 27.6 Å². The molecule has 0 bridgehead atoms. The normalized spacial score (nSPS) is 10.9. The first-order valence-corrected chi connectivity index (χ1v) is 10.6. The first-order chi connectivity index (χ1) is 15.4. The average molecular weight is 460 g/mol. The molecule has 0 saturated heterocycles. The van der Waals surface area contributed by atoms with Crippen LogP contribution in [0.2, 0.25) is 0 Å². The minimum atomic E-state index is -0.652. The second kappa shape index (κ2) is 12.3. The average Bonchev–Trinajstić information content (AvgIpc) is 3.21. The van der Waals surface area contributed by atoms with Crippen LogP contribution in [0.1, 0.15) is 24.2 Å². The minimum absolute atomic E-state index is 0.170. The lowest BCUT2D eigenvalue weighted by atomic mass is 10.0. The van der Waals surface area contributed by atoms with Crippen molar-refractivity contribution >= 4 is 34.2 Å². The number of carbonyl (C=O) groups excluding carboxylic acids is 3. The molecule has 0 aliphatic heterocycles. The molecule has 0 radical (unpaired) electrons. The van der Waals surface area contributed by atoms with Crippen molar-refractivity contribution in [2.45, 2.75) is 13.8 Å². The van der Waals surface area contributed by atoms with Gasteiger partial charge in [-0.25, -0.2) is 9.59 Å². The summed E-state index contributed by atoms with van der Waals surface area (Å²) in [7, 11) is 3.05. The number of hydrogen-bond acceptors (Lipinski definition) is 8. The number of hydrogen-bond donors (Lipinski definition) is 1. The molecule has 1 amide bonds. The van der Waals surface area contributed by atoms with E-state index in [1.165, 1.54) is 26.4 Å². The van der Waals surface area contributed by atoms with Crippen molar-refractivity contribution in [3.63, 3.8) is 0 Å². The van der Waals surface area contributed by atoms with Crippen LogP contribution in [-0.4, -0.2) is 45.3 Å². The largest absolute Gasteiger partial charge is 0.493 e. The van der Waals surface area contributed by atoms with Crippen molar-refractivity contribution in [3.8, 4) is 22.6 Å². The number of nitrogens with one attached hydrogen (secondary N) is 1. The van der Waals surface area contributed by atoms with Crippen molar-refractivity contribution in [1.82, 2.24) is 0 Å². The van der Waals surface area contributed by atoms with Crippen molar-refractivity contribution in [2.75, 3.05) is 32.8 Å². The molecule has 32 heavy (non-hydrogen) atoms. The van der Waals surface area contributed by atoms with Crippen LogP contribution in [0.4, 0.5) is 5.00 Å². The molecule has 1 heterocycles. The topological polar surface area (TPSA) is 100 Å². The number of methoxy groups -OCH3 is 2. The molecular formula is C23H25NO7S. The Bertz CT molecular complexity index is 1020. The molecule has 8 nitrogen and oxygen atoms in total. The summed E-state index contributed by atoms with van der Waals surface area (Å²) in [6.45, 7) is 3.18. The maximum absolute atomic E-state index is 12.7. The molecule has 0 fully saturated rings. The van der Waals surface area contributed by atoms with Gasteiger partial charge in [-0.05, 0) is 31.5 Å². The Kier molecular flexibility index (Phi) is 9.49. The summed E-state index contributed by atoms with van der Waals surface area (Å²) in [6, 6.07) is 5.23. The third kappa shape index (κ3) is 6.45. The van der Waals surface area contributed by atoms with Crippen LogP contribution >= 0.6 is 11.3 Å². The number of anilines is 1. The van der Waals surface area contributed by atoms with Gasteiger partial charge in [-0.1, -0.05) is 24.3 Å². The summed E-state index contributed by atoms with van der Waals surface area (Å²) in [5, 5.41) is 4.64. The minimum Gasteiger partial charge on any atom is -0.493 e. The van der Waals surface area contributed by atoms with Crippen molar-refractivity contribution in [3.05, 3.63) is 53.4 Å². The van der Waals surface area contributed by atoms with Gasteiger partial charge in [-0.2, -0.15) is 0 Å². The van der Waals surface area contributed by atoms with Crippen LogP contribution in [0.5, 0.6) is 11.5 Å². The number of ether oxygens (including phenoxy) is 4. The molecule has 0 saturated carbocycles. The van der Waals surface area contributed by atoms with Crippen molar-refractivity contribution < 1.29 is 33.3 Å². The smallest absolute Gasteiger partial charge is 0.341 e. The maximum Gasteiger partial charge on any atom is 0.341 e. The van der Waals surface area contributed by atoms with E-state index in [9.17, 15) is 14.4 Å². The zero-order valence-corrected chi connectivity index (χ0v) is 19.1. The molecule has 2 aromatic rings. The highest BCUT2D eigenvalue weighted by molar-refractivity contribution is 7.15. The van der Waals surface area contributed by atoms with Gasteiger partial charge in [0, 0.05) is 17.0 Å². The molecular weight excluding hydrogens is 434 g/mol. The van der Waals surface area contributed by atoms with E-state index in [1.807, 2.05) is 6.92 Å². The van der Waals surface area contributed by atoms with E-state index in [2.05, 4.69) is 5.32 Å². The number of allylic oxidation sites excluding steroid dienone is 3. The number of thiophene rings is 1. The molecule has 0 atom stereocenters. The lowest BCUT2D eigenvalue weighted by Crippen LogP contribution is -2.21. The third-order valence-corrected chi connectivity index (χ3v) is 4.99. The predicted molar refractivity (Wildman–Crippen MR) is 122 cm³/mol. The lowest BCUT2D eigenvalue weighted by Gasteiger charge is -2.11. The fourth-order valence-electron chi connectivity index (χ4n) is 2.66. The van der Waals surface area contributed by atoms with E-state index in [1.54, 1.807) is 42.7 Å². The fourth-order valence-corrected chi connectivity index (χ4v) is 3.64. The monoisotopic (exact) mass is 459 g/mol. The summed E-state index contributed by atoms with van der Waals surface area (Å²) in [5.41, 5.74) is 1.45. The summed E-state index contributed by atoms with van der Waals surface area (Å²) < 4.78 is 20.7. The molecule has 0 unspecified atom stereocenters. The molecule has 0 aliphatic carbocycles. The third-order valence-electron chi connectivity index (χ3n) is 4.10. The Morgan fingerprint density at radius 3 is 2.47 bits per heavy atom. The van der Waals surface area contributed by atoms with E-state index in [4.69, 9.17) is 18.9 Å². The van der Waals surface area contributed by atoms with Gasteiger partial charge >= 0.3 is 11.9 Å². The highest BCUT2D eigenvalue weighted by atomic mass is 32.1. The highest BCUT2D eigenvalue weighted by Gasteiger charge is 2.23. The van der Waals surface area contributed by atoms with Crippen LogP contribution in [0, 0.1) is 0 Å². The van der Waals surface area contributed by atoms with Crippen molar-refractivity contribution in [1.29, 1.82) is 0 Å². The molecule has 9 heteroatoms. The summed E-state index contributed by atoms with van der Waals surface area (Å²) in [4.78, 5) is 36.6. The van der Waals surface area contributed by atoms with E-state index < -0.39 is 24.5 Å². The van der Waals surface area contributed by atoms with Crippen LogP contribution in [0.25, 0.3) is 11.1 Å². The molecule has 170 valence electrons. The molecule has 0 spiro atoms. The summed E-state index contributed by atoms with van der Waals surface area (Å²) >= 11 is 1.16.